The predicted molar refractivity (Wildman–Crippen MR) is 109 cm³/mol. The van der Waals surface area contributed by atoms with Crippen molar-refractivity contribution in [2.45, 2.75) is 57.7 Å². The fourth-order valence-electron chi connectivity index (χ4n) is 3.91. The van der Waals surface area contributed by atoms with E-state index in [2.05, 4.69) is 31.1 Å². The Morgan fingerprint density at radius 3 is 2.75 bits per heavy atom. The number of hydrogen-bond donors (Lipinski definition) is 1. The lowest BCUT2D eigenvalue weighted by Gasteiger charge is -2.38. The number of nitrogens with zero attached hydrogens (tertiary/aromatic N) is 3. The van der Waals surface area contributed by atoms with Gasteiger partial charge >= 0.3 is 0 Å². The van der Waals surface area contributed by atoms with Crippen LogP contribution in [0.15, 0.2) is 40.7 Å². The van der Waals surface area contributed by atoms with Crippen molar-refractivity contribution in [3.05, 3.63) is 46.9 Å². The zero-order chi connectivity index (χ0) is 19.9. The number of halogens is 1. The summed E-state index contributed by atoms with van der Waals surface area (Å²) >= 11 is 1.63. The van der Waals surface area contributed by atoms with Crippen LogP contribution in [0.4, 0.5) is 10.3 Å². The zero-order valence-corrected chi connectivity index (χ0v) is 17.3. The van der Waals surface area contributed by atoms with E-state index in [1.54, 1.807) is 28.6 Å². The van der Waals surface area contributed by atoms with Gasteiger partial charge in [-0.1, -0.05) is 51.1 Å². The number of anilines is 1. The van der Waals surface area contributed by atoms with E-state index >= 15 is 0 Å². The van der Waals surface area contributed by atoms with Gasteiger partial charge in [0, 0.05) is 23.4 Å². The van der Waals surface area contributed by atoms with Gasteiger partial charge in [0.25, 0.3) is 0 Å². The van der Waals surface area contributed by atoms with Crippen molar-refractivity contribution in [2.75, 3.05) is 11.1 Å². The highest BCUT2D eigenvalue weighted by Crippen LogP contribution is 2.45. The van der Waals surface area contributed by atoms with E-state index < -0.39 is 0 Å². The average Bonchev–Trinajstić information content (AvgIpc) is 3.02. The molecule has 1 atom stereocenters. The largest absolute Gasteiger partial charge is 0.328 e. The molecule has 0 radical (unpaired) electrons. The average molecular weight is 401 g/mol. The molecule has 28 heavy (non-hydrogen) atoms. The molecule has 0 saturated carbocycles. The van der Waals surface area contributed by atoms with Crippen molar-refractivity contribution in [1.82, 2.24) is 14.8 Å². The first-order valence-corrected chi connectivity index (χ1v) is 10.7. The third-order valence-corrected chi connectivity index (χ3v) is 6.15. The van der Waals surface area contributed by atoms with Crippen molar-refractivity contribution in [3.63, 3.8) is 0 Å². The second-order valence-corrected chi connectivity index (χ2v) is 9.34. The highest BCUT2D eigenvalue weighted by molar-refractivity contribution is 7.99. The number of rotatable bonds is 5. The Labute approximate surface area is 168 Å². The highest BCUT2D eigenvalue weighted by atomic mass is 32.2. The van der Waals surface area contributed by atoms with Crippen LogP contribution >= 0.6 is 11.8 Å². The van der Waals surface area contributed by atoms with Gasteiger partial charge in [0.15, 0.2) is 5.78 Å². The molecule has 2 heterocycles. The molecule has 2 aromatic rings. The molecule has 2 aliphatic rings. The van der Waals surface area contributed by atoms with Crippen molar-refractivity contribution in [2.24, 2.45) is 5.41 Å². The summed E-state index contributed by atoms with van der Waals surface area (Å²) in [6.45, 7) is 6.37. The molecule has 1 aliphatic heterocycles. The molecule has 1 aromatic carbocycles. The van der Waals surface area contributed by atoms with Crippen molar-refractivity contribution in [3.8, 4) is 0 Å². The topological polar surface area (TPSA) is 59.8 Å². The van der Waals surface area contributed by atoms with E-state index in [1.165, 1.54) is 12.1 Å². The third-order valence-electron chi connectivity index (χ3n) is 5.23. The predicted octanol–water partition coefficient (Wildman–Crippen LogP) is 4.97. The number of Topliss-reactive ketones (excluding diaryl/α,β-unsaturated/α-hetero) is 1. The second-order valence-electron chi connectivity index (χ2n) is 8.28. The minimum atomic E-state index is -0.372. The summed E-state index contributed by atoms with van der Waals surface area (Å²) in [4.78, 5) is 17.7. The summed E-state index contributed by atoms with van der Waals surface area (Å²) in [5.74, 6) is 1.44. The first kappa shape index (κ1) is 19.2. The molecule has 5 nitrogen and oxygen atoms in total. The third kappa shape index (κ3) is 3.60. The van der Waals surface area contributed by atoms with E-state index in [4.69, 9.17) is 5.10 Å². The maximum atomic E-state index is 13.5. The maximum absolute atomic E-state index is 13.5. The molecule has 0 saturated heterocycles. The van der Waals surface area contributed by atoms with Crippen molar-refractivity contribution < 1.29 is 9.18 Å². The second kappa shape index (κ2) is 7.35. The van der Waals surface area contributed by atoms with Crippen LogP contribution in [0.5, 0.6) is 0 Å². The molecule has 0 fully saturated rings. The first-order valence-electron chi connectivity index (χ1n) is 9.76. The minimum absolute atomic E-state index is 0.100. The number of unbranched alkanes of at least 4 members (excludes halogenated alkanes) is 1. The summed E-state index contributed by atoms with van der Waals surface area (Å²) in [6.07, 6.45) is 3.49. The molecule has 0 unspecified atom stereocenters. The number of fused-ring (bicyclic) bond motifs is 1. The number of hydrogen-bond acceptors (Lipinski definition) is 5. The normalized spacial score (nSPS) is 20.6. The number of thioether (sulfide) groups is 1. The van der Waals surface area contributed by atoms with Gasteiger partial charge in [-0.05, 0) is 36.0 Å². The van der Waals surface area contributed by atoms with Crippen LogP contribution in [0.25, 0.3) is 0 Å². The molecular formula is C21H25FN4OS. The van der Waals surface area contributed by atoms with Gasteiger partial charge in [-0.2, -0.15) is 4.98 Å². The molecule has 4 rings (SSSR count). The van der Waals surface area contributed by atoms with E-state index in [0.29, 0.717) is 17.5 Å². The number of allylic oxidation sites excluding steroid dienone is 2. The summed E-state index contributed by atoms with van der Waals surface area (Å²) in [6, 6.07) is 5.96. The van der Waals surface area contributed by atoms with E-state index in [0.717, 1.165) is 41.8 Å². The Balaban J connectivity index is 1.78. The lowest BCUT2D eigenvalue weighted by atomic mass is 9.73. The summed E-state index contributed by atoms with van der Waals surface area (Å²) < 4.78 is 15.3. The lowest BCUT2D eigenvalue weighted by Crippen LogP contribution is -2.36. The molecule has 0 bridgehead atoms. The number of aromatic nitrogens is 3. The van der Waals surface area contributed by atoms with Gasteiger partial charge in [0.2, 0.25) is 11.1 Å². The Bertz CT molecular complexity index is 932. The van der Waals surface area contributed by atoms with Gasteiger partial charge in [-0.25, -0.2) is 9.07 Å². The fourth-order valence-corrected chi connectivity index (χ4v) is 4.82. The Morgan fingerprint density at radius 2 is 2.04 bits per heavy atom. The van der Waals surface area contributed by atoms with Gasteiger partial charge in [0.1, 0.15) is 11.9 Å². The molecule has 1 aliphatic carbocycles. The van der Waals surface area contributed by atoms with Crippen LogP contribution in [0, 0.1) is 11.2 Å². The van der Waals surface area contributed by atoms with Crippen molar-refractivity contribution in [1.29, 1.82) is 0 Å². The number of carbonyl (C=O) groups is 1. The van der Waals surface area contributed by atoms with E-state index in [9.17, 15) is 9.18 Å². The van der Waals surface area contributed by atoms with Gasteiger partial charge in [-0.15, -0.1) is 5.10 Å². The molecule has 148 valence electrons. The summed E-state index contributed by atoms with van der Waals surface area (Å²) in [7, 11) is 0. The van der Waals surface area contributed by atoms with Crippen LogP contribution in [0.1, 0.15) is 58.1 Å². The SMILES string of the molecule is CCCCSc1nc2n(n1)[C@@H](c1ccc(F)cc1)C1=C(CC(C)(C)CC1=O)N2. The van der Waals surface area contributed by atoms with Crippen LogP contribution in [-0.2, 0) is 4.79 Å². The fraction of sp³-hybridized carbons (Fsp3) is 0.476. The molecule has 0 spiro atoms. The minimum Gasteiger partial charge on any atom is -0.328 e. The lowest BCUT2D eigenvalue weighted by molar-refractivity contribution is -0.118. The molecule has 1 N–H and O–H groups in total. The summed E-state index contributed by atoms with van der Waals surface area (Å²) in [5.41, 5.74) is 2.39. The van der Waals surface area contributed by atoms with E-state index in [-0.39, 0.29) is 23.1 Å². The number of ketones is 1. The molecular weight excluding hydrogens is 375 g/mol. The van der Waals surface area contributed by atoms with Crippen LogP contribution in [0.3, 0.4) is 0 Å². The maximum Gasteiger partial charge on any atom is 0.227 e. The molecule has 7 heteroatoms. The Kier molecular flexibility index (Phi) is 5.04. The van der Waals surface area contributed by atoms with E-state index in [1.807, 2.05) is 0 Å². The number of carbonyl (C=O) groups excluding carboxylic acids is 1. The number of benzene rings is 1. The molecule has 0 amide bonds. The first-order chi connectivity index (χ1) is 13.4. The highest BCUT2D eigenvalue weighted by Gasteiger charge is 2.41. The van der Waals surface area contributed by atoms with Gasteiger partial charge < -0.3 is 5.32 Å². The standard InChI is InChI=1S/C21H25FN4OS/c1-4-5-10-28-20-24-19-23-15-11-21(2,3)12-16(27)17(15)18(26(19)25-20)13-6-8-14(22)9-7-13/h6-9,18H,4-5,10-12H2,1-3H3,(H,23,24,25)/t18-/m0/s1. The molecule has 1 aromatic heterocycles. The van der Waals surface area contributed by atoms with Gasteiger partial charge in [0.05, 0.1) is 0 Å². The van der Waals surface area contributed by atoms with Crippen molar-refractivity contribution >= 4 is 23.5 Å². The monoisotopic (exact) mass is 400 g/mol. The zero-order valence-electron chi connectivity index (χ0n) is 16.5. The number of nitrogens with one attached hydrogen (secondary N) is 1. The quantitative estimate of drug-likeness (QED) is 0.567. The Morgan fingerprint density at radius 1 is 1.29 bits per heavy atom. The van der Waals surface area contributed by atoms with Crippen LogP contribution in [0.2, 0.25) is 0 Å². The van der Waals surface area contributed by atoms with Crippen LogP contribution in [-0.4, -0.2) is 26.3 Å². The Hall–Kier alpha value is -2.15. The summed E-state index contributed by atoms with van der Waals surface area (Å²) in [5, 5.41) is 8.76. The van der Waals surface area contributed by atoms with Gasteiger partial charge in [-0.3, -0.25) is 4.79 Å². The van der Waals surface area contributed by atoms with Crippen LogP contribution < -0.4 is 5.32 Å². The smallest absolute Gasteiger partial charge is 0.227 e.